The van der Waals surface area contributed by atoms with Crippen LogP contribution in [0.1, 0.15) is 43.2 Å². The first kappa shape index (κ1) is 18.4. The van der Waals surface area contributed by atoms with Gasteiger partial charge in [0.1, 0.15) is 0 Å². The minimum absolute atomic E-state index is 0.109. The van der Waals surface area contributed by atoms with Crippen LogP contribution in [0.4, 0.5) is 5.13 Å². The zero-order chi connectivity index (χ0) is 17.7. The first-order valence-electron chi connectivity index (χ1n) is 8.06. The first-order chi connectivity index (χ1) is 11.4. The number of anilines is 1. The molecule has 0 saturated heterocycles. The third kappa shape index (κ3) is 4.53. The van der Waals surface area contributed by atoms with Gasteiger partial charge in [-0.2, -0.15) is 0 Å². The summed E-state index contributed by atoms with van der Waals surface area (Å²) in [6, 6.07) is 0. The van der Waals surface area contributed by atoms with Gasteiger partial charge in [0.2, 0.25) is 5.91 Å². The molecule has 0 spiro atoms. The quantitative estimate of drug-likeness (QED) is 0.766. The van der Waals surface area contributed by atoms with E-state index in [0.717, 1.165) is 17.7 Å². The topological polar surface area (TPSA) is 108 Å². The minimum Gasteiger partial charge on any atom is -0.550 e. The molecule has 1 saturated carbocycles. The van der Waals surface area contributed by atoms with E-state index in [1.165, 1.54) is 11.3 Å². The molecule has 0 bridgehead atoms. The molecule has 132 valence electrons. The summed E-state index contributed by atoms with van der Waals surface area (Å²) in [6.45, 7) is 3.80. The zero-order valence-electron chi connectivity index (χ0n) is 13.8. The molecule has 1 fully saturated rings. The number of rotatable bonds is 6. The number of esters is 1. The molecule has 1 N–H and O–H groups in total. The summed E-state index contributed by atoms with van der Waals surface area (Å²) < 4.78 is 4.91. The van der Waals surface area contributed by atoms with Crippen LogP contribution in [-0.4, -0.2) is 29.4 Å². The maximum absolute atomic E-state index is 12.4. The third-order valence-electron chi connectivity index (χ3n) is 4.14. The Morgan fingerprint density at radius 2 is 1.96 bits per heavy atom. The van der Waals surface area contributed by atoms with E-state index in [9.17, 15) is 19.5 Å². The molecule has 8 heteroatoms. The van der Waals surface area contributed by atoms with Crippen LogP contribution in [0.2, 0.25) is 0 Å². The Hall–Kier alpha value is -1.96. The highest BCUT2D eigenvalue weighted by Crippen LogP contribution is 2.31. The molecule has 1 aromatic heterocycles. The summed E-state index contributed by atoms with van der Waals surface area (Å²) in [7, 11) is 0. The molecule has 0 aliphatic heterocycles. The average Bonchev–Trinajstić information content (AvgIpc) is 2.86. The Bertz CT molecular complexity index is 628. The van der Waals surface area contributed by atoms with E-state index >= 15 is 0 Å². The molecule has 1 heterocycles. The van der Waals surface area contributed by atoms with Crippen molar-refractivity contribution >= 4 is 34.3 Å². The smallest absolute Gasteiger partial charge is 0.311 e. The molecule has 0 unspecified atom stereocenters. The molecule has 2 rings (SSSR count). The molecule has 1 amide bonds. The average molecular weight is 353 g/mol. The molecule has 7 nitrogen and oxygen atoms in total. The fraction of sp³-hybridized carbons (Fsp3) is 0.625. The Balaban J connectivity index is 2.03. The van der Waals surface area contributed by atoms with Crippen molar-refractivity contribution in [1.29, 1.82) is 0 Å². The van der Waals surface area contributed by atoms with Crippen molar-refractivity contribution in [2.24, 2.45) is 11.8 Å². The van der Waals surface area contributed by atoms with Gasteiger partial charge in [0.15, 0.2) is 5.13 Å². The number of aromatic nitrogens is 1. The number of thiazole rings is 1. The molecule has 1 aliphatic carbocycles. The number of hydrogen-bond donors (Lipinski definition) is 1. The van der Waals surface area contributed by atoms with Gasteiger partial charge in [-0.05, 0) is 26.7 Å². The third-order valence-corrected chi connectivity index (χ3v) is 5.21. The van der Waals surface area contributed by atoms with Crippen LogP contribution in [0, 0.1) is 18.8 Å². The normalized spacial score (nSPS) is 20.4. The maximum Gasteiger partial charge on any atom is 0.311 e. The summed E-state index contributed by atoms with van der Waals surface area (Å²) in [4.78, 5) is 40.1. The molecule has 0 radical (unpaired) electrons. The summed E-state index contributed by atoms with van der Waals surface area (Å²) in [5, 5.41) is 14.3. The molecular formula is C16H21N2O5S-. The second-order valence-electron chi connectivity index (χ2n) is 5.82. The van der Waals surface area contributed by atoms with Gasteiger partial charge in [-0.15, -0.1) is 11.3 Å². The van der Waals surface area contributed by atoms with Crippen LogP contribution < -0.4 is 10.4 Å². The van der Waals surface area contributed by atoms with Crippen molar-refractivity contribution in [2.45, 2.75) is 46.0 Å². The van der Waals surface area contributed by atoms with Crippen molar-refractivity contribution in [2.75, 3.05) is 11.9 Å². The Labute approximate surface area is 144 Å². The predicted octanol–water partition coefficient (Wildman–Crippen LogP) is 1.05. The van der Waals surface area contributed by atoms with Crippen molar-refractivity contribution < 1.29 is 24.2 Å². The zero-order valence-corrected chi connectivity index (χ0v) is 14.6. The van der Waals surface area contributed by atoms with Gasteiger partial charge in [-0.25, -0.2) is 4.98 Å². The standard InChI is InChI=1S/C16H22N2O5S/c1-3-23-13(19)8-12-9(2)17-16(24-12)18-14(20)10-6-4-5-7-11(10)15(21)22/h10-11H,3-8H2,1-2H3,(H,21,22)(H,17,18,20)/p-1/t10-,11+/m1/s1. The van der Waals surface area contributed by atoms with Crippen LogP contribution in [0.5, 0.6) is 0 Å². The van der Waals surface area contributed by atoms with Gasteiger partial charge in [0, 0.05) is 22.7 Å². The van der Waals surface area contributed by atoms with Crippen molar-refractivity contribution in [3.05, 3.63) is 10.6 Å². The van der Waals surface area contributed by atoms with E-state index in [2.05, 4.69) is 10.3 Å². The highest BCUT2D eigenvalue weighted by Gasteiger charge is 2.32. The fourth-order valence-corrected chi connectivity index (χ4v) is 3.86. The molecule has 1 aliphatic rings. The van der Waals surface area contributed by atoms with Crippen molar-refractivity contribution in [3.8, 4) is 0 Å². The van der Waals surface area contributed by atoms with Gasteiger partial charge < -0.3 is 20.0 Å². The first-order valence-corrected chi connectivity index (χ1v) is 8.87. The van der Waals surface area contributed by atoms with Crippen molar-refractivity contribution in [3.63, 3.8) is 0 Å². The molecule has 24 heavy (non-hydrogen) atoms. The summed E-state index contributed by atoms with van der Waals surface area (Å²) in [5.74, 6) is -3.21. The Kier molecular flexibility index (Phi) is 6.30. The van der Waals surface area contributed by atoms with Gasteiger partial charge in [-0.1, -0.05) is 12.8 Å². The number of amides is 1. The Morgan fingerprint density at radius 1 is 1.29 bits per heavy atom. The molecule has 2 atom stereocenters. The van der Waals surface area contributed by atoms with E-state index in [1.54, 1.807) is 13.8 Å². The number of ether oxygens (including phenoxy) is 1. The van der Waals surface area contributed by atoms with Crippen molar-refractivity contribution in [1.82, 2.24) is 4.98 Å². The number of carboxylic acids is 1. The van der Waals surface area contributed by atoms with Crippen LogP contribution in [-0.2, 0) is 25.5 Å². The lowest BCUT2D eigenvalue weighted by Crippen LogP contribution is -2.42. The highest BCUT2D eigenvalue weighted by atomic mass is 32.1. The van der Waals surface area contributed by atoms with Gasteiger partial charge >= 0.3 is 5.97 Å². The second-order valence-corrected chi connectivity index (χ2v) is 6.90. The lowest BCUT2D eigenvalue weighted by Gasteiger charge is -2.30. The largest absolute Gasteiger partial charge is 0.550 e. The fourth-order valence-electron chi connectivity index (χ4n) is 2.91. The van der Waals surface area contributed by atoms with Crippen LogP contribution in [0.25, 0.3) is 0 Å². The van der Waals surface area contributed by atoms with E-state index in [0.29, 0.717) is 30.3 Å². The van der Waals surface area contributed by atoms with Gasteiger partial charge in [0.25, 0.3) is 0 Å². The number of carbonyl (C=O) groups excluding carboxylic acids is 3. The number of carbonyl (C=O) groups is 3. The number of nitrogens with one attached hydrogen (secondary N) is 1. The second kappa shape index (κ2) is 8.23. The number of aliphatic carboxylic acids is 1. The lowest BCUT2D eigenvalue weighted by atomic mass is 9.79. The minimum atomic E-state index is -1.17. The number of aryl methyl sites for hydroxylation is 1. The van der Waals surface area contributed by atoms with E-state index in [4.69, 9.17) is 4.74 Å². The van der Waals surface area contributed by atoms with Gasteiger partial charge in [-0.3, -0.25) is 9.59 Å². The summed E-state index contributed by atoms with van der Waals surface area (Å²) >= 11 is 1.21. The number of carboxylic acid groups (broad SMARTS) is 1. The summed E-state index contributed by atoms with van der Waals surface area (Å²) in [5.41, 5.74) is 0.656. The monoisotopic (exact) mass is 353 g/mol. The molecule has 0 aromatic carbocycles. The van der Waals surface area contributed by atoms with Crippen LogP contribution >= 0.6 is 11.3 Å². The van der Waals surface area contributed by atoms with Gasteiger partial charge in [0.05, 0.1) is 18.7 Å². The maximum atomic E-state index is 12.4. The SMILES string of the molecule is CCOC(=O)Cc1sc(NC(=O)[C@@H]2CCCC[C@@H]2C(=O)[O-])nc1C. The van der Waals surface area contributed by atoms with Crippen LogP contribution in [0.15, 0.2) is 0 Å². The van der Waals surface area contributed by atoms with E-state index in [-0.39, 0.29) is 18.3 Å². The Morgan fingerprint density at radius 3 is 2.58 bits per heavy atom. The highest BCUT2D eigenvalue weighted by molar-refractivity contribution is 7.16. The van der Waals surface area contributed by atoms with E-state index in [1.807, 2.05) is 0 Å². The predicted molar refractivity (Wildman–Crippen MR) is 86.3 cm³/mol. The number of nitrogens with zero attached hydrogens (tertiary/aromatic N) is 1. The molecule has 1 aromatic rings. The summed E-state index contributed by atoms with van der Waals surface area (Å²) in [6.07, 6.45) is 2.73. The number of hydrogen-bond acceptors (Lipinski definition) is 7. The lowest BCUT2D eigenvalue weighted by molar-refractivity contribution is -0.313. The van der Waals surface area contributed by atoms with Crippen LogP contribution in [0.3, 0.4) is 0 Å². The molecular weight excluding hydrogens is 332 g/mol. The van der Waals surface area contributed by atoms with E-state index < -0.39 is 17.8 Å².